The van der Waals surface area contributed by atoms with Crippen molar-refractivity contribution in [1.82, 2.24) is 15.2 Å². The molecular weight excluding hydrogens is 392 g/mol. The highest BCUT2D eigenvalue weighted by atomic mass is 16.2. The zero-order valence-corrected chi connectivity index (χ0v) is 17.7. The zero-order chi connectivity index (χ0) is 21.6. The van der Waals surface area contributed by atoms with Crippen LogP contribution >= 0.6 is 0 Å². The summed E-state index contributed by atoms with van der Waals surface area (Å²) in [7, 11) is 0. The number of primary amides is 1. The molecule has 2 saturated heterocycles. The molecule has 1 aromatic heterocycles. The van der Waals surface area contributed by atoms with Gasteiger partial charge >= 0.3 is 6.03 Å². The number of nitrogens with one attached hydrogen (secondary N) is 1. The fourth-order valence-corrected chi connectivity index (χ4v) is 4.30. The number of benzene rings is 1. The third kappa shape index (κ3) is 5.25. The number of piperazine rings is 1. The quantitative estimate of drug-likeness (QED) is 0.766. The Morgan fingerprint density at radius 2 is 1.55 bits per heavy atom. The van der Waals surface area contributed by atoms with Gasteiger partial charge in [-0.3, -0.25) is 9.78 Å². The smallest absolute Gasteiger partial charge is 0.314 e. The summed E-state index contributed by atoms with van der Waals surface area (Å²) < 4.78 is 0. The summed E-state index contributed by atoms with van der Waals surface area (Å²) in [6, 6.07) is 12.1. The molecule has 2 aliphatic rings. The van der Waals surface area contributed by atoms with Gasteiger partial charge in [-0.2, -0.15) is 0 Å². The third-order valence-corrected chi connectivity index (χ3v) is 6.23. The van der Waals surface area contributed by atoms with Crippen molar-refractivity contribution in [3.63, 3.8) is 0 Å². The summed E-state index contributed by atoms with van der Waals surface area (Å²) in [5, 5.41) is 3.04. The Hall–Kier alpha value is -3.29. The Morgan fingerprint density at radius 3 is 2.10 bits per heavy atom. The Labute approximate surface area is 183 Å². The number of hydrogen-bond donors (Lipinski definition) is 2. The molecule has 0 radical (unpaired) electrons. The van der Waals surface area contributed by atoms with Crippen LogP contribution in [0, 0.1) is 5.92 Å². The van der Waals surface area contributed by atoms with Crippen molar-refractivity contribution in [1.29, 1.82) is 0 Å². The third-order valence-electron chi connectivity index (χ3n) is 6.23. The molecule has 4 rings (SSSR count). The van der Waals surface area contributed by atoms with E-state index >= 15 is 0 Å². The van der Waals surface area contributed by atoms with Gasteiger partial charge in [0, 0.05) is 75.5 Å². The number of rotatable bonds is 5. The number of nitrogens with zero attached hydrogens (tertiary/aromatic N) is 4. The second-order valence-electron chi connectivity index (χ2n) is 8.17. The van der Waals surface area contributed by atoms with Crippen molar-refractivity contribution in [2.75, 3.05) is 49.1 Å². The van der Waals surface area contributed by atoms with E-state index in [0.29, 0.717) is 19.6 Å². The molecule has 3 N–H and O–H groups in total. The molecule has 0 saturated carbocycles. The van der Waals surface area contributed by atoms with Crippen molar-refractivity contribution in [2.45, 2.75) is 19.4 Å². The van der Waals surface area contributed by atoms with Gasteiger partial charge in [-0.25, -0.2) is 4.79 Å². The van der Waals surface area contributed by atoms with E-state index in [1.165, 1.54) is 5.69 Å². The van der Waals surface area contributed by atoms with E-state index in [-0.39, 0.29) is 17.9 Å². The van der Waals surface area contributed by atoms with Gasteiger partial charge in [0.2, 0.25) is 5.91 Å². The molecule has 0 aliphatic carbocycles. The van der Waals surface area contributed by atoms with Gasteiger partial charge in [-0.05, 0) is 48.7 Å². The molecule has 0 spiro atoms. The largest absolute Gasteiger partial charge is 0.371 e. The predicted molar refractivity (Wildman–Crippen MR) is 121 cm³/mol. The van der Waals surface area contributed by atoms with Gasteiger partial charge in [0.1, 0.15) is 0 Å². The predicted octanol–water partition coefficient (Wildman–Crippen LogP) is 1.82. The number of urea groups is 1. The van der Waals surface area contributed by atoms with Gasteiger partial charge in [-0.15, -0.1) is 0 Å². The molecule has 0 unspecified atom stereocenters. The summed E-state index contributed by atoms with van der Waals surface area (Å²) in [5.41, 5.74) is 8.73. The fourth-order valence-electron chi connectivity index (χ4n) is 4.30. The summed E-state index contributed by atoms with van der Waals surface area (Å²) in [4.78, 5) is 34.2. The lowest BCUT2D eigenvalue weighted by Crippen LogP contribution is -2.50. The summed E-state index contributed by atoms with van der Waals surface area (Å²) in [6.45, 7) is 5.19. The highest BCUT2D eigenvalue weighted by molar-refractivity contribution is 5.79. The molecule has 164 valence electrons. The van der Waals surface area contributed by atoms with Crippen LogP contribution in [-0.4, -0.2) is 61.1 Å². The van der Waals surface area contributed by atoms with Crippen LogP contribution in [0.15, 0.2) is 48.8 Å². The van der Waals surface area contributed by atoms with Crippen LogP contribution in [0.1, 0.15) is 18.4 Å². The number of carbonyl (C=O) groups is 2. The minimum absolute atomic E-state index is 0.0637. The van der Waals surface area contributed by atoms with Gasteiger partial charge in [0.15, 0.2) is 0 Å². The van der Waals surface area contributed by atoms with E-state index in [9.17, 15) is 9.59 Å². The Balaban J connectivity index is 1.24. The molecule has 1 aromatic carbocycles. The molecule has 2 aromatic rings. The number of piperidine rings is 1. The molecular formula is C23H30N6O2. The van der Waals surface area contributed by atoms with E-state index in [1.807, 2.05) is 12.1 Å². The Morgan fingerprint density at radius 1 is 0.935 bits per heavy atom. The minimum atomic E-state index is -0.343. The highest BCUT2D eigenvalue weighted by Crippen LogP contribution is 2.26. The molecule has 0 bridgehead atoms. The first-order chi connectivity index (χ1) is 15.1. The van der Waals surface area contributed by atoms with E-state index in [1.54, 1.807) is 17.3 Å². The normalized spacial score (nSPS) is 17.5. The van der Waals surface area contributed by atoms with Crippen LogP contribution < -0.4 is 20.9 Å². The lowest BCUT2D eigenvalue weighted by atomic mass is 9.95. The van der Waals surface area contributed by atoms with Crippen LogP contribution in [0.25, 0.3) is 0 Å². The first-order valence-electron chi connectivity index (χ1n) is 10.9. The molecule has 2 aliphatic heterocycles. The number of pyridine rings is 1. The maximum absolute atomic E-state index is 12.5. The zero-order valence-electron chi connectivity index (χ0n) is 17.7. The number of carbonyl (C=O) groups excluding carboxylic acids is 2. The SMILES string of the molecule is NC(=O)N1CCN(c2ccc(N3CCC(C(=O)NCc4cccnc4)CC3)cc2)CC1. The van der Waals surface area contributed by atoms with Crippen LogP contribution in [0.5, 0.6) is 0 Å². The average Bonchev–Trinajstić information content (AvgIpc) is 2.83. The van der Waals surface area contributed by atoms with Crippen LogP contribution in [0.2, 0.25) is 0 Å². The van der Waals surface area contributed by atoms with E-state index in [2.05, 4.69) is 44.4 Å². The molecule has 2 fully saturated rings. The number of amides is 3. The van der Waals surface area contributed by atoms with Gasteiger partial charge in [0.25, 0.3) is 0 Å². The fraction of sp³-hybridized carbons (Fsp3) is 0.435. The number of aromatic nitrogens is 1. The van der Waals surface area contributed by atoms with Gasteiger partial charge in [0.05, 0.1) is 0 Å². The number of anilines is 2. The molecule has 3 heterocycles. The first kappa shape index (κ1) is 21.0. The second kappa shape index (κ2) is 9.68. The van der Waals surface area contributed by atoms with Crippen LogP contribution in [-0.2, 0) is 11.3 Å². The highest BCUT2D eigenvalue weighted by Gasteiger charge is 2.25. The van der Waals surface area contributed by atoms with Crippen molar-refractivity contribution in [3.8, 4) is 0 Å². The summed E-state index contributed by atoms with van der Waals surface area (Å²) in [6.07, 6.45) is 5.23. The Bertz CT molecular complexity index is 873. The number of hydrogen-bond acceptors (Lipinski definition) is 5. The maximum Gasteiger partial charge on any atom is 0.314 e. The molecule has 0 atom stereocenters. The molecule has 3 amide bonds. The standard InChI is InChI=1S/C23H30N6O2/c24-23(31)29-14-12-28(13-15-29)21-5-3-20(4-6-21)27-10-7-19(8-11-27)22(30)26-17-18-2-1-9-25-16-18/h1-6,9,16,19H,7-8,10-15,17H2,(H2,24,31)(H,26,30). The number of nitrogens with two attached hydrogens (primary N) is 1. The molecule has 31 heavy (non-hydrogen) atoms. The lowest BCUT2D eigenvalue weighted by molar-refractivity contribution is -0.125. The summed E-state index contributed by atoms with van der Waals surface area (Å²) in [5.74, 6) is 0.197. The van der Waals surface area contributed by atoms with Crippen molar-refractivity contribution < 1.29 is 9.59 Å². The summed E-state index contributed by atoms with van der Waals surface area (Å²) >= 11 is 0. The maximum atomic E-state index is 12.5. The van der Waals surface area contributed by atoms with Gasteiger partial charge in [-0.1, -0.05) is 6.07 Å². The van der Waals surface area contributed by atoms with Crippen molar-refractivity contribution in [3.05, 3.63) is 54.4 Å². The van der Waals surface area contributed by atoms with Gasteiger partial charge < -0.3 is 25.8 Å². The monoisotopic (exact) mass is 422 g/mol. The lowest BCUT2D eigenvalue weighted by Gasteiger charge is -2.36. The van der Waals surface area contributed by atoms with Crippen LogP contribution in [0.4, 0.5) is 16.2 Å². The average molecular weight is 423 g/mol. The van der Waals surface area contributed by atoms with E-state index in [0.717, 1.165) is 50.3 Å². The molecule has 8 heteroatoms. The second-order valence-corrected chi connectivity index (χ2v) is 8.17. The Kier molecular flexibility index (Phi) is 6.54. The topological polar surface area (TPSA) is 94.8 Å². The molecule has 8 nitrogen and oxygen atoms in total. The van der Waals surface area contributed by atoms with Crippen LogP contribution in [0.3, 0.4) is 0 Å². The minimum Gasteiger partial charge on any atom is -0.371 e. The first-order valence-corrected chi connectivity index (χ1v) is 10.9. The van der Waals surface area contributed by atoms with Crippen molar-refractivity contribution >= 4 is 23.3 Å². The van der Waals surface area contributed by atoms with E-state index in [4.69, 9.17) is 5.73 Å². The van der Waals surface area contributed by atoms with E-state index < -0.39 is 0 Å². The van der Waals surface area contributed by atoms with Crippen molar-refractivity contribution in [2.24, 2.45) is 11.7 Å².